The third-order valence-corrected chi connectivity index (χ3v) is 5.71. The van der Waals surface area contributed by atoms with Crippen LogP contribution < -0.4 is 4.74 Å². The Morgan fingerprint density at radius 2 is 2.12 bits per heavy atom. The maximum absolute atomic E-state index is 13.1. The van der Waals surface area contributed by atoms with E-state index in [0.29, 0.717) is 29.9 Å². The van der Waals surface area contributed by atoms with Gasteiger partial charge in [0, 0.05) is 17.4 Å². The number of hydrogen-bond donors (Lipinski definition) is 1. The van der Waals surface area contributed by atoms with Gasteiger partial charge >= 0.3 is 0 Å². The maximum Gasteiger partial charge on any atom is 0.163 e. The molecular formula is C22H24O4. The van der Waals surface area contributed by atoms with Gasteiger partial charge in [0.1, 0.15) is 0 Å². The van der Waals surface area contributed by atoms with Gasteiger partial charge in [-0.25, -0.2) is 0 Å². The second-order valence-electron chi connectivity index (χ2n) is 7.10. The molecule has 0 bridgehead atoms. The number of carbonyl (C=O) groups is 2. The Kier molecular flexibility index (Phi) is 4.61. The van der Waals surface area contributed by atoms with Crippen molar-refractivity contribution in [1.29, 1.82) is 0 Å². The fourth-order valence-corrected chi connectivity index (χ4v) is 4.30. The Bertz CT molecular complexity index is 846. The van der Waals surface area contributed by atoms with E-state index in [9.17, 15) is 14.7 Å². The molecule has 0 heterocycles. The van der Waals surface area contributed by atoms with E-state index >= 15 is 0 Å². The Morgan fingerprint density at radius 3 is 2.77 bits per heavy atom. The highest BCUT2D eigenvalue weighted by molar-refractivity contribution is 6.13. The smallest absolute Gasteiger partial charge is 0.163 e. The van der Waals surface area contributed by atoms with E-state index in [4.69, 9.17) is 4.74 Å². The number of phenols is 1. The zero-order chi connectivity index (χ0) is 19.1. The lowest BCUT2D eigenvalue weighted by molar-refractivity contribution is -0.137. The van der Waals surface area contributed by atoms with Crippen molar-refractivity contribution in [3.05, 3.63) is 59.7 Å². The van der Waals surface area contributed by atoms with Crippen LogP contribution in [0.2, 0.25) is 0 Å². The predicted octanol–water partition coefficient (Wildman–Crippen LogP) is 4.11. The number of rotatable bonds is 4. The minimum Gasteiger partial charge on any atom is -0.504 e. The van der Waals surface area contributed by atoms with Crippen molar-refractivity contribution in [2.45, 2.75) is 33.1 Å². The van der Waals surface area contributed by atoms with Gasteiger partial charge in [-0.2, -0.15) is 0 Å². The SMILES string of the molecule is C=CC1=CC[C@H]2C(=O)C(C)=CC(=O)[C@@]2(C)[C@H]1c1cccc(OCC)c1O. The van der Waals surface area contributed by atoms with Crippen LogP contribution in [0.1, 0.15) is 38.7 Å². The molecule has 0 amide bonds. The number of para-hydroxylation sites is 1. The topological polar surface area (TPSA) is 63.6 Å². The number of phenolic OH excluding ortho intramolecular Hbond substituents is 1. The molecule has 0 fully saturated rings. The van der Waals surface area contributed by atoms with E-state index in [0.717, 1.165) is 5.57 Å². The van der Waals surface area contributed by atoms with E-state index in [1.807, 2.05) is 19.9 Å². The zero-order valence-electron chi connectivity index (χ0n) is 15.4. The summed E-state index contributed by atoms with van der Waals surface area (Å²) >= 11 is 0. The molecule has 136 valence electrons. The van der Waals surface area contributed by atoms with Crippen LogP contribution in [0.25, 0.3) is 0 Å². The highest BCUT2D eigenvalue weighted by Crippen LogP contribution is 2.56. The number of ether oxygens (including phenoxy) is 1. The molecule has 4 nitrogen and oxygen atoms in total. The molecule has 26 heavy (non-hydrogen) atoms. The maximum atomic E-state index is 13.1. The normalized spacial score (nSPS) is 28.1. The zero-order valence-corrected chi connectivity index (χ0v) is 15.4. The van der Waals surface area contributed by atoms with Crippen LogP contribution in [-0.4, -0.2) is 23.3 Å². The first-order chi connectivity index (χ1) is 12.4. The molecule has 0 saturated heterocycles. The first-order valence-corrected chi connectivity index (χ1v) is 8.90. The Hall–Kier alpha value is -2.62. The van der Waals surface area contributed by atoms with Crippen LogP contribution in [0.5, 0.6) is 11.5 Å². The molecule has 0 aromatic heterocycles. The largest absolute Gasteiger partial charge is 0.504 e. The van der Waals surface area contributed by atoms with Gasteiger partial charge in [0.25, 0.3) is 0 Å². The Labute approximate surface area is 153 Å². The second kappa shape index (κ2) is 6.60. The highest BCUT2D eigenvalue weighted by atomic mass is 16.5. The summed E-state index contributed by atoms with van der Waals surface area (Å²) in [4.78, 5) is 25.8. The summed E-state index contributed by atoms with van der Waals surface area (Å²) in [6.07, 6.45) is 5.61. The van der Waals surface area contributed by atoms with Crippen LogP contribution in [0.3, 0.4) is 0 Å². The van der Waals surface area contributed by atoms with Crippen LogP contribution in [-0.2, 0) is 9.59 Å². The van der Waals surface area contributed by atoms with Gasteiger partial charge in [-0.15, -0.1) is 0 Å². The standard InChI is InChI=1S/C22H24O4/c1-5-14-10-11-16-20(24)13(3)12-18(23)22(16,4)19(14)15-8-7-9-17(21(15)25)26-6-2/h5,7-10,12,16,19,25H,1,6,11H2,2-4H3/t16-,19+,22-/m0/s1. The number of benzene rings is 1. The van der Waals surface area contributed by atoms with Crippen LogP contribution in [0.4, 0.5) is 0 Å². The highest BCUT2D eigenvalue weighted by Gasteiger charge is 2.55. The molecule has 3 rings (SSSR count). The minimum atomic E-state index is -0.961. The van der Waals surface area contributed by atoms with E-state index in [2.05, 4.69) is 6.58 Å². The van der Waals surface area contributed by atoms with E-state index < -0.39 is 17.3 Å². The lowest BCUT2D eigenvalue weighted by atomic mass is 9.53. The molecule has 0 unspecified atom stereocenters. The summed E-state index contributed by atoms with van der Waals surface area (Å²) in [6.45, 7) is 9.67. The van der Waals surface area contributed by atoms with E-state index in [1.165, 1.54) is 6.08 Å². The molecule has 1 aromatic carbocycles. The summed E-state index contributed by atoms with van der Waals surface area (Å²) in [5, 5.41) is 10.8. The third-order valence-electron chi connectivity index (χ3n) is 5.71. The van der Waals surface area contributed by atoms with Crippen LogP contribution in [0.15, 0.2) is 54.2 Å². The molecule has 2 aliphatic rings. The van der Waals surface area contributed by atoms with Crippen LogP contribution >= 0.6 is 0 Å². The van der Waals surface area contributed by atoms with Gasteiger partial charge in [-0.1, -0.05) is 37.8 Å². The van der Waals surface area contributed by atoms with Crippen molar-refractivity contribution in [3.63, 3.8) is 0 Å². The number of allylic oxidation sites excluding steroid dienone is 5. The average Bonchev–Trinajstić information content (AvgIpc) is 2.62. The molecule has 1 aromatic rings. The molecule has 0 aliphatic heterocycles. The molecule has 0 spiro atoms. The van der Waals surface area contributed by atoms with Gasteiger partial charge in [0.05, 0.1) is 12.0 Å². The Morgan fingerprint density at radius 1 is 1.38 bits per heavy atom. The number of aromatic hydroxyl groups is 1. The van der Waals surface area contributed by atoms with E-state index in [1.54, 1.807) is 31.2 Å². The monoisotopic (exact) mass is 352 g/mol. The van der Waals surface area contributed by atoms with Crippen molar-refractivity contribution >= 4 is 11.6 Å². The summed E-state index contributed by atoms with van der Waals surface area (Å²) < 4.78 is 5.51. The molecular weight excluding hydrogens is 328 g/mol. The van der Waals surface area contributed by atoms with Gasteiger partial charge in [0.2, 0.25) is 0 Å². The van der Waals surface area contributed by atoms with Crippen molar-refractivity contribution < 1.29 is 19.4 Å². The summed E-state index contributed by atoms with van der Waals surface area (Å²) in [6, 6.07) is 5.28. The van der Waals surface area contributed by atoms with Gasteiger partial charge in [0.15, 0.2) is 23.1 Å². The van der Waals surface area contributed by atoms with Gasteiger partial charge in [-0.3, -0.25) is 9.59 Å². The molecule has 1 N–H and O–H groups in total. The first-order valence-electron chi connectivity index (χ1n) is 8.90. The fraction of sp³-hybridized carbons (Fsp3) is 0.364. The molecule has 2 aliphatic carbocycles. The van der Waals surface area contributed by atoms with Gasteiger partial charge < -0.3 is 9.84 Å². The number of hydrogen-bond acceptors (Lipinski definition) is 4. The van der Waals surface area contributed by atoms with Crippen molar-refractivity contribution in [3.8, 4) is 11.5 Å². The lowest BCUT2D eigenvalue weighted by Crippen LogP contribution is -2.49. The quantitative estimate of drug-likeness (QED) is 0.886. The number of carbonyl (C=O) groups excluding carboxylic acids is 2. The summed E-state index contributed by atoms with van der Waals surface area (Å²) in [5.41, 5.74) is 0.973. The van der Waals surface area contributed by atoms with Crippen LogP contribution in [0, 0.1) is 11.3 Å². The minimum absolute atomic E-state index is 0.00286. The number of Topliss-reactive ketones (excluding diaryl/α,β-unsaturated/α-hetero) is 1. The van der Waals surface area contributed by atoms with E-state index in [-0.39, 0.29) is 17.3 Å². The van der Waals surface area contributed by atoms with Gasteiger partial charge in [-0.05, 0) is 43.6 Å². The molecule has 0 radical (unpaired) electrons. The Balaban J connectivity index is 2.24. The van der Waals surface area contributed by atoms with Crippen molar-refractivity contribution in [2.24, 2.45) is 11.3 Å². The summed E-state index contributed by atoms with van der Waals surface area (Å²) in [5.74, 6) is -0.597. The molecule has 4 heteroatoms. The lowest BCUT2D eigenvalue weighted by Gasteiger charge is -2.47. The van der Waals surface area contributed by atoms with Crippen molar-refractivity contribution in [1.82, 2.24) is 0 Å². The first kappa shape index (κ1) is 18.2. The fourth-order valence-electron chi connectivity index (χ4n) is 4.30. The second-order valence-corrected chi connectivity index (χ2v) is 7.10. The number of ketones is 2. The average molecular weight is 352 g/mol. The predicted molar refractivity (Wildman–Crippen MR) is 100 cm³/mol. The molecule has 3 atom stereocenters. The summed E-state index contributed by atoms with van der Waals surface area (Å²) in [7, 11) is 0. The number of fused-ring (bicyclic) bond motifs is 1. The third kappa shape index (κ3) is 2.52. The molecule has 0 saturated carbocycles. The van der Waals surface area contributed by atoms with Crippen molar-refractivity contribution in [2.75, 3.05) is 6.61 Å².